The molecule has 6 nitrogen and oxygen atoms in total. The summed E-state index contributed by atoms with van der Waals surface area (Å²) in [5, 5.41) is 10.1. The minimum atomic E-state index is -4.15. The molecular formula is C16H21FN2O4S. The maximum absolute atomic E-state index is 15.0. The van der Waals surface area contributed by atoms with Crippen LogP contribution in [0.2, 0.25) is 0 Å². The number of hydrogen-bond acceptors (Lipinski definition) is 4. The summed E-state index contributed by atoms with van der Waals surface area (Å²) in [4.78, 5) is 11.4. The zero-order chi connectivity index (χ0) is 17.5. The van der Waals surface area contributed by atoms with Crippen LogP contribution in [0.25, 0.3) is 0 Å². The third-order valence-corrected chi connectivity index (χ3v) is 6.14. The summed E-state index contributed by atoms with van der Waals surface area (Å²) >= 11 is 0. The van der Waals surface area contributed by atoms with Crippen molar-refractivity contribution < 1.29 is 22.7 Å². The number of phenolic OH excluding ortho intramolecular Hbond substituents is 1. The maximum atomic E-state index is 15.0. The molecule has 1 heterocycles. The van der Waals surface area contributed by atoms with E-state index in [2.05, 4.69) is 6.92 Å². The number of phenols is 1. The minimum absolute atomic E-state index is 0.360. The minimum Gasteiger partial charge on any atom is -0.506 e. The van der Waals surface area contributed by atoms with Crippen molar-refractivity contribution in [1.29, 1.82) is 0 Å². The first-order valence-corrected chi connectivity index (χ1v) is 9.64. The molecule has 1 aliphatic heterocycles. The quantitative estimate of drug-likeness (QED) is 0.864. The molecular weight excluding hydrogens is 335 g/mol. The Hall–Kier alpha value is -1.83. The summed E-state index contributed by atoms with van der Waals surface area (Å²) in [6, 6.07) is 1.43. The summed E-state index contributed by atoms with van der Waals surface area (Å²) < 4.78 is 41.4. The van der Waals surface area contributed by atoms with Crippen LogP contribution in [0, 0.1) is 11.7 Å². The van der Waals surface area contributed by atoms with Crippen LogP contribution in [0.5, 0.6) is 5.75 Å². The van der Waals surface area contributed by atoms with Crippen LogP contribution in [0.3, 0.4) is 0 Å². The fourth-order valence-electron chi connectivity index (χ4n) is 3.53. The zero-order valence-electron chi connectivity index (χ0n) is 13.5. The number of benzene rings is 1. The van der Waals surface area contributed by atoms with E-state index in [1.807, 2.05) is 0 Å². The number of anilines is 1. The SMILES string of the molecule is CCCCC1CCc2cc(O)c(N3CC(=O)NS3(=O)=O)c(F)c2C1. The molecule has 132 valence electrons. The van der Waals surface area contributed by atoms with E-state index >= 15 is 4.39 Å². The molecule has 0 aromatic heterocycles. The number of aromatic hydroxyl groups is 1. The number of hydrogen-bond donors (Lipinski definition) is 2. The number of halogens is 1. The smallest absolute Gasteiger partial charge is 0.326 e. The molecule has 2 aliphatic rings. The third kappa shape index (κ3) is 2.94. The van der Waals surface area contributed by atoms with Gasteiger partial charge in [-0.1, -0.05) is 26.2 Å². The average Bonchev–Trinajstić information content (AvgIpc) is 2.78. The molecule has 0 bridgehead atoms. The predicted molar refractivity (Wildman–Crippen MR) is 87.5 cm³/mol. The molecule has 1 amide bonds. The molecule has 0 spiro atoms. The van der Waals surface area contributed by atoms with Gasteiger partial charge < -0.3 is 5.11 Å². The number of nitrogens with zero attached hydrogens (tertiary/aromatic N) is 1. The molecule has 1 aromatic carbocycles. The van der Waals surface area contributed by atoms with Crippen LogP contribution in [0.1, 0.15) is 43.7 Å². The summed E-state index contributed by atoms with van der Waals surface area (Å²) in [6.07, 6.45) is 5.29. The van der Waals surface area contributed by atoms with E-state index in [1.54, 1.807) is 4.72 Å². The lowest BCUT2D eigenvalue weighted by Crippen LogP contribution is -2.31. The fraction of sp³-hybridized carbons (Fsp3) is 0.562. The van der Waals surface area contributed by atoms with Gasteiger partial charge in [0.25, 0.3) is 5.91 Å². The first kappa shape index (κ1) is 17.0. The van der Waals surface area contributed by atoms with Crippen molar-refractivity contribution in [3.63, 3.8) is 0 Å². The van der Waals surface area contributed by atoms with Gasteiger partial charge in [-0.05, 0) is 42.4 Å². The molecule has 8 heteroatoms. The van der Waals surface area contributed by atoms with Gasteiger partial charge in [0.05, 0.1) is 0 Å². The van der Waals surface area contributed by atoms with Crippen molar-refractivity contribution in [3.05, 3.63) is 23.0 Å². The van der Waals surface area contributed by atoms with Crippen LogP contribution < -0.4 is 9.03 Å². The Bertz CT molecular complexity index is 779. The largest absolute Gasteiger partial charge is 0.506 e. The summed E-state index contributed by atoms with van der Waals surface area (Å²) in [5.41, 5.74) is 0.755. The van der Waals surface area contributed by atoms with E-state index in [1.165, 1.54) is 6.07 Å². The molecule has 1 unspecified atom stereocenters. The van der Waals surface area contributed by atoms with Gasteiger partial charge in [0, 0.05) is 0 Å². The standard InChI is InChI=1S/C16H21FN2O4S/c1-2-3-4-10-5-6-11-8-13(20)16(15(17)12(11)7-10)19-9-14(21)18-24(19,22)23/h8,10,20H,2-7,9H2,1H3,(H,18,21). The van der Waals surface area contributed by atoms with E-state index in [-0.39, 0.29) is 0 Å². The molecule has 0 radical (unpaired) electrons. The number of aryl methyl sites for hydroxylation is 1. The Balaban J connectivity index is 2.00. The van der Waals surface area contributed by atoms with E-state index in [4.69, 9.17) is 0 Å². The van der Waals surface area contributed by atoms with Crippen molar-refractivity contribution in [1.82, 2.24) is 4.72 Å². The third-order valence-electron chi connectivity index (χ3n) is 4.76. The Morgan fingerprint density at radius 1 is 1.46 bits per heavy atom. The van der Waals surface area contributed by atoms with Crippen LogP contribution in [-0.4, -0.2) is 26.0 Å². The summed E-state index contributed by atoms with van der Waals surface area (Å²) in [7, 11) is -4.15. The topological polar surface area (TPSA) is 86.7 Å². The fourth-order valence-corrected chi connectivity index (χ4v) is 4.70. The van der Waals surface area contributed by atoms with Crippen molar-refractivity contribution in [2.45, 2.75) is 45.4 Å². The molecule has 1 saturated heterocycles. The van der Waals surface area contributed by atoms with E-state index < -0.39 is 39.9 Å². The van der Waals surface area contributed by atoms with E-state index in [9.17, 15) is 18.3 Å². The molecule has 1 atom stereocenters. The van der Waals surface area contributed by atoms with Crippen molar-refractivity contribution in [2.75, 3.05) is 10.8 Å². The second-order valence-electron chi connectivity index (χ2n) is 6.48. The number of carbonyl (C=O) groups excluding carboxylic acids is 1. The van der Waals surface area contributed by atoms with Crippen molar-refractivity contribution in [2.24, 2.45) is 5.92 Å². The van der Waals surface area contributed by atoms with E-state index in [0.29, 0.717) is 28.6 Å². The lowest BCUT2D eigenvalue weighted by atomic mass is 9.81. The van der Waals surface area contributed by atoms with Crippen LogP contribution in [0.15, 0.2) is 6.07 Å². The lowest BCUT2D eigenvalue weighted by Gasteiger charge is -2.27. The van der Waals surface area contributed by atoms with Crippen molar-refractivity contribution in [3.8, 4) is 5.75 Å². The Labute approximate surface area is 140 Å². The second-order valence-corrected chi connectivity index (χ2v) is 8.08. The summed E-state index contributed by atoms with van der Waals surface area (Å²) in [6.45, 7) is 1.58. The Kier molecular flexibility index (Phi) is 4.42. The number of carbonyl (C=O) groups is 1. The average molecular weight is 356 g/mol. The highest BCUT2D eigenvalue weighted by molar-refractivity contribution is 7.92. The Morgan fingerprint density at radius 2 is 2.21 bits per heavy atom. The Morgan fingerprint density at radius 3 is 2.83 bits per heavy atom. The van der Waals surface area contributed by atoms with Gasteiger partial charge in [-0.2, -0.15) is 8.42 Å². The second kappa shape index (κ2) is 6.23. The van der Waals surface area contributed by atoms with Crippen LogP contribution in [0.4, 0.5) is 10.1 Å². The van der Waals surface area contributed by atoms with Gasteiger partial charge in [0.2, 0.25) is 0 Å². The lowest BCUT2D eigenvalue weighted by molar-refractivity contribution is -0.117. The van der Waals surface area contributed by atoms with Gasteiger partial charge in [0.15, 0.2) is 5.82 Å². The zero-order valence-corrected chi connectivity index (χ0v) is 14.3. The van der Waals surface area contributed by atoms with E-state index in [0.717, 1.165) is 31.2 Å². The van der Waals surface area contributed by atoms with Gasteiger partial charge in [-0.25, -0.2) is 13.4 Å². The van der Waals surface area contributed by atoms with Crippen LogP contribution >= 0.6 is 0 Å². The molecule has 0 saturated carbocycles. The normalized spacial score (nSPS) is 22.3. The molecule has 1 aromatic rings. The highest BCUT2D eigenvalue weighted by Gasteiger charge is 2.39. The molecule has 3 rings (SSSR count). The van der Waals surface area contributed by atoms with Crippen LogP contribution in [-0.2, 0) is 27.8 Å². The molecule has 24 heavy (non-hydrogen) atoms. The van der Waals surface area contributed by atoms with Gasteiger partial charge >= 0.3 is 10.2 Å². The number of amides is 1. The highest BCUT2D eigenvalue weighted by Crippen LogP contribution is 2.41. The van der Waals surface area contributed by atoms with Gasteiger partial charge in [0.1, 0.15) is 18.0 Å². The summed E-state index contributed by atoms with van der Waals surface area (Å²) in [5.74, 6) is -1.56. The predicted octanol–water partition coefficient (Wildman–Crippen LogP) is 2.01. The molecule has 2 N–H and O–H groups in total. The first-order chi connectivity index (χ1) is 11.3. The molecule has 1 fully saturated rings. The van der Waals surface area contributed by atoms with Gasteiger partial charge in [-0.3, -0.25) is 4.79 Å². The number of rotatable bonds is 4. The maximum Gasteiger partial charge on any atom is 0.326 e. The number of nitrogens with one attached hydrogen (secondary N) is 1. The monoisotopic (exact) mass is 356 g/mol. The first-order valence-electron chi connectivity index (χ1n) is 8.20. The van der Waals surface area contributed by atoms with Crippen molar-refractivity contribution >= 4 is 21.8 Å². The number of unbranched alkanes of at least 4 members (excludes halogenated alkanes) is 1. The number of fused-ring (bicyclic) bond motifs is 1. The van der Waals surface area contributed by atoms with Gasteiger partial charge in [-0.15, -0.1) is 0 Å². The highest BCUT2D eigenvalue weighted by atomic mass is 32.2. The molecule has 1 aliphatic carbocycles.